The number of nitrogens with zero attached hydrogens (tertiary/aromatic N) is 1. The van der Waals surface area contributed by atoms with Crippen LogP contribution in [0.4, 0.5) is 0 Å². The Labute approximate surface area is 138 Å². The molecule has 1 aromatic carbocycles. The number of amides is 2. The molecule has 1 aromatic rings. The number of hydrogen-bond acceptors (Lipinski definition) is 2. The zero-order chi connectivity index (χ0) is 16.4. The molecule has 0 bridgehead atoms. The SMILES string of the molecule is CCC1c2ccccc2C(=O)N1C(CCC1CCCC1)C(N)=O. The summed E-state index contributed by atoms with van der Waals surface area (Å²) < 4.78 is 0. The van der Waals surface area contributed by atoms with Gasteiger partial charge in [-0.1, -0.05) is 50.8 Å². The Bertz CT molecular complexity index is 593. The maximum Gasteiger partial charge on any atom is 0.255 e. The number of carbonyl (C=O) groups excluding carboxylic acids is 2. The molecule has 0 radical (unpaired) electrons. The van der Waals surface area contributed by atoms with Gasteiger partial charge in [0.1, 0.15) is 6.04 Å². The fourth-order valence-corrected chi connectivity index (χ4v) is 4.30. The molecule has 2 N–H and O–H groups in total. The van der Waals surface area contributed by atoms with Crippen LogP contribution in [0.2, 0.25) is 0 Å². The van der Waals surface area contributed by atoms with Gasteiger partial charge in [-0.2, -0.15) is 0 Å². The highest BCUT2D eigenvalue weighted by Gasteiger charge is 2.41. The molecule has 23 heavy (non-hydrogen) atoms. The van der Waals surface area contributed by atoms with E-state index in [0.717, 1.165) is 24.0 Å². The minimum absolute atomic E-state index is 0.0280. The number of carbonyl (C=O) groups is 2. The van der Waals surface area contributed by atoms with Crippen LogP contribution in [0.5, 0.6) is 0 Å². The topological polar surface area (TPSA) is 63.4 Å². The average molecular weight is 314 g/mol. The molecule has 4 nitrogen and oxygen atoms in total. The molecule has 2 amide bonds. The number of fused-ring (bicyclic) bond motifs is 1. The lowest BCUT2D eigenvalue weighted by atomic mass is 9.96. The van der Waals surface area contributed by atoms with E-state index >= 15 is 0 Å². The van der Waals surface area contributed by atoms with Crippen LogP contribution in [0.1, 0.15) is 73.8 Å². The molecular formula is C19H26N2O2. The molecule has 3 rings (SSSR count). The maximum atomic E-state index is 12.8. The number of hydrogen-bond donors (Lipinski definition) is 1. The molecule has 2 unspecified atom stereocenters. The molecule has 1 fully saturated rings. The summed E-state index contributed by atoms with van der Waals surface area (Å²) >= 11 is 0. The highest BCUT2D eigenvalue weighted by Crippen LogP contribution is 2.39. The van der Waals surface area contributed by atoms with Gasteiger partial charge in [0.05, 0.1) is 6.04 Å². The lowest BCUT2D eigenvalue weighted by molar-refractivity contribution is -0.123. The van der Waals surface area contributed by atoms with Crippen molar-refractivity contribution in [3.8, 4) is 0 Å². The first kappa shape index (κ1) is 16.0. The lowest BCUT2D eigenvalue weighted by Gasteiger charge is -2.31. The Hall–Kier alpha value is -1.84. The van der Waals surface area contributed by atoms with Gasteiger partial charge >= 0.3 is 0 Å². The van der Waals surface area contributed by atoms with Crippen molar-refractivity contribution in [2.24, 2.45) is 11.7 Å². The van der Waals surface area contributed by atoms with Crippen molar-refractivity contribution in [2.75, 3.05) is 0 Å². The quantitative estimate of drug-likeness (QED) is 0.874. The summed E-state index contributed by atoms with van der Waals surface area (Å²) in [6, 6.07) is 7.17. The van der Waals surface area contributed by atoms with E-state index < -0.39 is 6.04 Å². The van der Waals surface area contributed by atoms with Gasteiger partial charge in [0.25, 0.3) is 5.91 Å². The summed E-state index contributed by atoms with van der Waals surface area (Å²) in [4.78, 5) is 26.7. The Balaban J connectivity index is 1.81. The highest BCUT2D eigenvalue weighted by atomic mass is 16.2. The van der Waals surface area contributed by atoms with Crippen LogP contribution in [0.15, 0.2) is 24.3 Å². The molecule has 0 spiro atoms. The second-order valence-electron chi connectivity index (χ2n) is 6.87. The second-order valence-corrected chi connectivity index (χ2v) is 6.87. The van der Waals surface area contributed by atoms with Gasteiger partial charge in [-0.15, -0.1) is 0 Å². The molecular weight excluding hydrogens is 288 g/mol. The van der Waals surface area contributed by atoms with E-state index in [1.165, 1.54) is 25.7 Å². The van der Waals surface area contributed by atoms with E-state index in [-0.39, 0.29) is 17.9 Å². The van der Waals surface area contributed by atoms with Crippen LogP contribution < -0.4 is 5.73 Å². The number of primary amides is 1. The minimum atomic E-state index is -0.486. The van der Waals surface area contributed by atoms with Crippen molar-refractivity contribution in [1.82, 2.24) is 4.90 Å². The van der Waals surface area contributed by atoms with Gasteiger partial charge in [0.15, 0.2) is 0 Å². The molecule has 1 heterocycles. The van der Waals surface area contributed by atoms with Crippen LogP contribution in [0, 0.1) is 5.92 Å². The average Bonchev–Trinajstić information content (AvgIpc) is 3.15. The Kier molecular flexibility index (Phi) is 4.69. The van der Waals surface area contributed by atoms with Crippen LogP contribution in [-0.4, -0.2) is 22.8 Å². The molecule has 0 aromatic heterocycles. The smallest absolute Gasteiger partial charge is 0.255 e. The summed E-state index contributed by atoms with van der Waals surface area (Å²) in [6.07, 6.45) is 7.55. The van der Waals surface area contributed by atoms with Crippen LogP contribution in [0.25, 0.3) is 0 Å². The molecule has 124 valence electrons. The van der Waals surface area contributed by atoms with Crippen molar-refractivity contribution in [2.45, 2.75) is 64.0 Å². The summed E-state index contributed by atoms with van der Waals surface area (Å²) in [5.41, 5.74) is 7.45. The molecule has 1 aliphatic carbocycles. The summed E-state index contributed by atoms with van der Waals surface area (Å²) in [6.45, 7) is 2.06. The lowest BCUT2D eigenvalue weighted by Crippen LogP contribution is -2.46. The Morgan fingerprint density at radius 2 is 2.00 bits per heavy atom. The first-order valence-corrected chi connectivity index (χ1v) is 8.84. The van der Waals surface area contributed by atoms with Gasteiger partial charge < -0.3 is 10.6 Å². The van der Waals surface area contributed by atoms with E-state index in [9.17, 15) is 9.59 Å². The first-order chi connectivity index (χ1) is 11.1. The van der Waals surface area contributed by atoms with Gasteiger partial charge in [-0.25, -0.2) is 0 Å². The summed E-state index contributed by atoms with van der Waals surface area (Å²) in [7, 11) is 0. The van der Waals surface area contributed by atoms with Crippen molar-refractivity contribution >= 4 is 11.8 Å². The van der Waals surface area contributed by atoms with Crippen molar-refractivity contribution in [3.05, 3.63) is 35.4 Å². The Morgan fingerprint density at radius 1 is 1.30 bits per heavy atom. The van der Waals surface area contributed by atoms with Crippen molar-refractivity contribution in [1.29, 1.82) is 0 Å². The van der Waals surface area contributed by atoms with Crippen molar-refractivity contribution in [3.63, 3.8) is 0 Å². The van der Waals surface area contributed by atoms with Gasteiger partial charge in [0, 0.05) is 5.56 Å². The van der Waals surface area contributed by atoms with Gasteiger partial charge in [0.2, 0.25) is 5.91 Å². The molecule has 2 atom stereocenters. The number of nitrogens with two attached hydrogens (primary N) is 1. The molecule has 2 aliphatic rings. The third kappa shape index (κ3) is 2.99. The van der Waals surface area contributed by atoms with Crippen LogP contribution >= 0.6 is 0 Å². The highest BCUT2D eigenvalue weighted by molar-refractivity contribution is 6.01. The fourth-order valence-electron chi connectivity index (χ4n) is 4.30. The third-order valence-electron chi connectivity index (χ3n) is 5.49. The van der Waals surface area contributed by atoms with Gasteiger partial charge in [-0.05, 0) is 36.8 Å². The summed E-state index contributed by atoms with van der Waals surface area (Å²) in [5.74, 6) is 0.280. The number of benzene rings is 1. The normalized spacial score (nSPS) is 22.4. The largest absolute Gasteiger partial charge is 0.368 e. The van der Waals surface area contributed by atoms with E-state index in [1.54, 1.807) is 4.90 Å². The Morgan fingerprint density at radius 3 is 2.65 bits per heavy atom. The number of rotatable bonds is 6. The van der Waals surface area contributed by atoms with Crippen LogP contribution in [0.3, 0.4) is 0 Å². The summed E-state index contributed by atoms with van der Waals surface area (Å²) in [5, 5.41) is 0. The van der Waals surface area contributed by atoms with E-state index in [2.05, 4.69) is 6.92 Å². The zero-order valence-corrected chi connectivity index (χ0v) is 13.8. The monoisotopic (exact) mass is 314 g/mol. The standard InChI is InChI=1S/C19H26N2O2/c1-2-16-14-9-5-6-10-15(14)19(23)21(16)17(18(20)22)12-11-13-7-3-4-8-13/h5-6,9-10,13,16-17H,2-4,7-8,11-12H2,1H3,(H2,20,22). The van der Waals surface area contributed by atoms with E-state index in [4.69, 9.17) is 5.73 Å². The zero-order valence-electron chi connectivity index (χ0n) is 13.8. The molecule has 1 aliphatic heterocycles. The molecule has 1 saturated carbocycles. The maximum absolute atomic E-state index is 12.8. The van der Waals surface area contributed by atoms with E-state index in [1.807, 2.05) is 24.3 Å². The third-order valence-corrected chi connectivity index (χ3v) is 5.49. The minimum Gasteiger partial charge on any atom is -0.368 e. The predicted octanol–water partition coefficient (Wildman–Crippen LogP) is 3.42. The fraction of sp³-hybridized carbons (Fsp3) is 0.579. The van der Waals surface area contributed by atoms with E-state index in [0.29, 0.717) is 12.3 Å². The van der Waals surface area contributed by atoms with Gasteiger partial charge in [-0.3, -0.25) is 9.59 Å². The van der Waals surface area contributed by atoms with Crippen molar-refractivity contribution < 1.29 is 9.59 Å². The molecule has 4 heteroatoms. The molecule has 0 saturated heterocycles. The van der Waals surface area contributed by atoms with Crippen LogP contribution in [-0.2, 0) is 4.79 Å². The second kappa shape index (κ2) is 6.73. The predicted molar refractivity (Wildman–Crippen MR) is 89.8 cm³/mol. The first-order valence-electron chi connectivity index (χ1n) is 8.84.